The van der Waals surface area contributed by atoms with E-state index in [1.807, 2.05) is 19.9 Å². The topological polar surface area (TPSA) is 63.2 Å². The first-order chi connectivity index (χ1) is 8.61. The molecule has 0 aromatic heterocycles. The zero-order chi connectivity index (χ0) is 14.4. The van der Waals surface area contributed by atoms with E-state index >= 15 is 0 Å². The number of nitrogens with one attached hydrogen (secondary N) is 1. The van der Waals surface area contributed by atoms with Crippen molar-refractivity contribution in [1.29, 1.82) is 0 Å². The number of amides is 1. The lowest BCUT2D eigenvalue weighted by Crippen LogP contribution is -2.26. The molecular formula is C13H16ClNO3S. The van der Waals surface area contributed by atoms with Gasteiger partial charge in [0, 0.05) is 11.9 Å². The fourth-order valence-corrected chi connectivity index (χ4v) is 3.69. The van der Waals surface area contributed by atoms with Crippen molar-refractivity contribution in [3.63, 3.8) is 0 Å². The average Bonchev–Trinajstić information content (AvgIpc) is 2.47. The highest BCUT2D eigenvalue weighted by Crippen LogP contribution is 2.39. The third-order valence-electron chi connectivity index (χ3n) is 3.34. The van der Waals surface area contributed by atoms with Crippen molar-refractivity contribution in [2.24, 2.45) is 0 Å². The standard InChI is InChI=1S/C13H16ClNO3S/c1-13(2)9-6-8(10(14)7-19(3,17)18)4-5-11(9)15-12(13)16/h4-6,10H,7H2,1-3H3,(H,15,16). The SMILES string of the molecule is CC1(C)C(=O)Nc2ccc(C(Cl)CS(C)(=O)=O)cc21. The number of fused-ring (bicyclic) bond motifs is 1. The smallest absolute Gasteiger partial charge is 0.234 e. The lowest BCUT2D eigenvalue weighted by atomic mass is 9.85. The first-order valence-electron chi connectivity index (χ1n) is 5.89. The maximum Gasteiger partial charge on any atom is 0.234 e. The van der Waals surface area contributed by atoms with Gasteiger partial charge >= 0.3 is 0 Å². The molecule has 0 fully saturated rings. The van der Waals surface area contributed by atoms with Crippen molar-refractivity contribution in [2.75, 3.05) is 17.3 Å². The molecule has 1 aromatic carbocycles. The maximum absolute atomic E-state index is 11.8. The molecule has 1 aliphatic rings. The lowest BCUT2D eigenvalue weighted by molar-refractivity contribution is -0.119. The average molecular weight is 302 g/mol. The summed E-state index contributed by atoms with van der Waals surface area (Å²) in [6, 6.07) is 5.34. The Balaban J connectivity index is 2.38. The normalized spacial score (nSPS) is 18.8. The molecule has 1 atom stereocenters. The van der Waals surface area contributed by atoms with Crippen molar-refractivity contribution in [3.05, 3.63) is 29.3 Å². The fraction of sp³-hybridized carbons (Fsp3) is 0.462. The summed E-state index contributed by atoms with van der Waals surface area (Å²) in [6.45, 7) is 3.66. The van der Waals surface area contributed by atoms with Crippen molar-refractivity contribution < 1.29 is 13.2 Å². The summed E-state index contributed by atoms with van der Waals surface area (Å²) in [5.74, 6) is -0.177. The van der Waals surface area contributed by atoms with E-state index in [9.17, 15) is 13.2 Å². The van der Waals surface area contributed by atoms with Crippen LogP contribution in [0.5, 0.6) is 0 Å². The molecule has 0 saturated heterocycles. The number of benzene rings is 1. The van der Waals surface area contributed by atoms with Crippen LogP contribution in [0, 0.1) is 0 Å². The van der Waals surface area contributed by atoms with E-state index in [-0.39, 0.29) is 11.7 Å². The summed E-state index contributed by atoms with van der Waals surface area (Å²) in [5, 5.41) is 2.20. The van der Waals surface area contributed by atoms with Crippen LogP contribution in [-0.2, 0) is 20.0 Å². The zero-order valence-corrected chi connectivity index (χ0v) is 12.6. The Bertz CT molecular complexity index is 637. The van der Waals surface area contributed by atoms with Gasteiger partial charge in [-0.15, -0.1) is 11.6 Å². The number of anilines is 1. The van der Waals surface area contributed by atoms with Gasteiger partial charge in [0.05, 0.1) is 16.5 Å². The highest BCUT2D eigenvalue weighted by Gasteiger charge is 2.38. The van der Waals surface area contributed by atoms with Crippen LogP contribution in [0.4, 0.5) is 5.69 Å². The van der Waals surface area contributed by atoms with E-state index in [0.29, 0.717) is 0 Å². The van der Waals surface area contributed by atoms with Crippen LogP contribution in [0.2, 0.25) is 0 Å². The Morgan fingerprint density at radius 3 is 2.58 bits per heavy atom. The molecule has 0 saturated carbocycles. The minimum absolute atomic E-state index is 0.0612. The van der Waals surface area contributed by atoms with Gasteiger partial charge in [-0.25, -0.2) is 8.42 Å². The Morgan fingerprint density at radius 2 is 2.00 bits per heavy atom. The highest BCUT2D eigenvalue weighted by molar-refractivity contribution is 7.90. The number of hydrogen-bond acceptors (Lipinski definition) is 3. The van der Waals surface area contributed by atoms with E-state index in [0.717, 1.165) is 23.1 Å². The minimum Gasteiger partial charge on any atom is -0.325 e. The second kappa shape index (κ2) is 4.49. The van der Waals surface area contributed by atoms with Crippen LogP contribution in [0.1, 0.15) is 30.4 Å². The largest absolute Gasteiger partial charge is 0.325 e. The molecule has 1 N–H and O–H groups in total. The highest BCUT2D eigenvalue weighted by atomic mass is 35.5. The van der Waals surface area contributed by atoms with Crippen molar-refractivity contribution in [3.8, 4) is 0 Å². The van der Waals surface area contributed by atoms with Crippen molar-refractivity contribution in [2.45, 2.75) is 24.6 Å². The first-order valence-corrected chi connectivity index (χ1v) is 8.38. The van der Waals surface area contributed by atoms with Gasteiger partial charge < -0.3 is 5.32 Å². The Kier molecular flexibility index (Phi) is 3.39. The Morgan fingerprint density at radius 1 is 1.37 bits per heavy atom. The second-order valence-electron chi connectivity index (χ2n) is 5.44. The molecule has 104 valence electrons. The summed E-state index contributed by atoms with van der Waals surface area (Å²) >= 11 is 6.14. The molecule has 1 aliphatic heterocycles. The summed E-state index contributed by atoms with van der Waals surface area (Å²) in [4.78, 5) is 11.8. The Labute approximate surface area is 118 Å². The summed E-state index contributed by atoms with van der Waals surface area (Å²) in [7, 11) is -3.14. The second-order valence-corrected chi connectivity index (χ2v) is 8.16. The maximum atomic E-state index is 11.8. The van der Waals surface area contributed by atoms with Crippen molar-refractivity contribution in [1.82, 2.24) is 0 Å². The summed E-state index contributed by atoms with van der Waals surface area (Å²) in [5.41, 5.74) is 1.72. The zero-order valence-electron chi connectivity index (χ0n) is 11.0. The summed E-state index contributed by atoms with van der Waals surface area (Å²) < 4.78 is 22.6. The van der Waals surface area contributed by atoms with E-state index in [4.69, 9.17) is 11.6 Å². The first kappa shape index (κ1) is 14.3. The minimum atomic E-state index is -3.14. The molecule has 2 rings (SSSR count). The number of halogens is 1. The van der Waals surface area contributed by atoms with Crippen LogP contribution in [0.25, 0.3) is 0 Å². The molecule has 1 unspecified atom stereocenters. The van der Waals surface area contributed by atoms with Gasteiger partial charge in [-0.2, -0.15) is 0 Å². The number of carbonyl (C=O) groups is 1. The fourth-order valence-electron chi connectivity index (χ4n) is 2.15. The predicted molar refractivity (Wildman–Crippen MR) is 76.4 cm³/mol. The molecule has 0 aliphatic carbocycles. The number of rotatable bonds is 3. The molecule has 1 heterocycles. The molecular weight excluding hydrogens is 286 g/mol. The Hall–Kier alpha value is -1.07. The van der Waals surface area contributed by atoms with Gasteiger partial charge in [-0.05, 0) is 31.0 Å². The third kappa shape index (κ3) is 2.77. The number of hydrogen-bond donors (Lipinski definition) is 1. The van der Waals surface area contributed by atoms with Gasteiger partial charge in [-0.3, -0.25) is 4.79 Å². The quantitative estimate of drug-likeness (QED) is 0.871. The van der Waals surface area contributed by atoms with E-state index in [2.05, 4.69) is 5.32 Å². The van der Waals surface area contributed by atoms with Gasteiger partial charge in [0.15, 0.2) is 0 Å². The van der Waals surface area contributed by atoms with E-state index < -0.39 is 20.6 Å². The van der Waals surface area contributed by atoms with Crippen LogP contribution in [0.15, 0.2) is 18.2 Å². The number of carbonyl (C=O) groups excluding carboxylic acids is 1. The van der Waals surface area contributed by atoms with Crippen LogP contribution in [-0.4, -0.2) is 26.3 Å². The van der Waals surface area contributed by atoms with Gasteiger partial charge in [0.1, 0.15) is 9.84 Å². The molecule has 1 aromatic rings. The van der Waals surface area contributed by atoms with Gasteiger partial charge in [0.25, 0.3) is 0 Å². The molecule has 0 radical (unpaired) electrons. The van der Waals surface area contributed by atoms with Crippen molar-refractivity contribution >= 4 is 33.0 Å². The molecule has 6 heteroatoms. The predicted octanol–water partition coefficient (Wildman–Crippen LogP) is 2.24. The third-order valence-corrected chi connectivity index (χ3v) is 4.87. The van der Waals surface area contributed by atoms with E-state index in [1.54, 1.807) is 12.1 Å². The van der Waals surface area contributed by atoms with Crippen LogP contribution >= 0.6 is 11.6 Å². The van der Waals surface area contributed by atoms with Crippen LogP contribution in [0.3, 0.4) is 0 Å². The molecule has 4 nitrogen and oxygen atoms in total. The molecule has 0 bridgehead atoms. The van der Waals surface area contributed by atoms with Gasteiger partial charge in [-0.1, -0.05) is 12.1 Å². The van der Waals surface area contributed by atoms with E-state index in [1.165, 1.54) is 0 Å². The monoisotopic (exact) mass is 301 g/mol. The number of sulfone groups is 1. The molecule has 19 heavy (non-hydrogen) atoms. The lowest BCUT2D eigenvalue weighted by Gasteiger charge is -2.17. The summed E-state index contributed by atoms with van der Waals surface area (Å²) in [6.07, 6.45) is 1.16. The van der Waals surface area contributed by atoms with Crippen LogP contribution < -0.4 is 5.32 Å². The van der Waals surface area contributed by atoms with Gasteiger partial charge in [0.2, 0.25) is 5.91 Å². The number of alkyl halides is 1. The molecule has 1 amide bonds. The molecule has 0 spiro atoms.